The Bertz CT molecular complexity index is 628. The van der Waals surface area contributed by atoms with E-state index < -0.39 is 0 Å². The van der Waals surface area contributed by atoms with Crippen LogP contribution in [0.15, 0.2) is 53.0 Å². The third-order valence-corrected chi connectivity index (χ3v) is 5.50. The van der Waals surface area contributed by atoms with Crippen molar-refractivity contribution in [2.24, 2.45) is 0 Å². The standard InChI is InChI=1S/C14H8BrI/c15-13-11-7-3-1-5-9(11)10-6-2-4-8-12(10)14(13)16/h1-8H. The summed E-state index contributed by atoms with van der Waals surface area (Å²) in [5.74, 6) is 0. The average Bonchev–Trinajstić information content (AvgIpc) is 2.36. The molecular formula is C14H8BrI. The van der Waals surface area contributed by atoms with Crippen LogP contribution in [0.3, 0.4) is 0 Å². The summed E-state index contributed by atoms with van der Waals surface area (Å²) in [6, 6.07) is 17.1. The van der Waals surface area contributed by atoms with Gasteiger partial charge in [-0.15, -0.1) is 0 Å². The van der Waals surface area contributed by atoms with E-state index in [4.69, 9.17) is 0 Å². The summed E-state index contributed by atoms with van der Waals surface area (Å²) in [5, 5.41) is 5.23. The van der Waals surface area contributed by atoms with Crippen molar-refractivity contribution in [2.75, 3.05) is 0 Å². The van der Waals surface area contributed by atoms with Crippen molar-refractivity contribution in [1.82, 2.24) is 0 Å². The van der Waals surface area contributed by atoms with E-state index in [0.717, 1.165) is 0 Å². The molecule has 0 saturated carbocycles. The van der Waals surface area contributed by atoms with Crippen molar-refractivity contribution >= 4 is 60.1 Å². The zero-order valence-electron chi connectivity index (χ0n) is 8.37. The smallest absolute Gasteiger partial charge is 0.0393 e. The quantitative estimate of drug-likeness (QED) is 0.362. The largest absolute Gasteiger partial charge is 0.0616 e. The van der Waals surface area contributed by atoms with Gasteiger partial charge < -0.3 is 0 Å². The van der Waals surface area contributed by atoms with Gasteiger partial charge in [-0.25, -0.2) is 0 Å². The molecule has 0 spiro atoms. The number of hydrogen-bond acceptors (Lipinski definition) is 0. The van der Waals surface area contributed by atoms with Crippen molar-refractivity contribution < 1.29 is 0 Å². The number of fused-ring (bicyclic) bond motifs is 3. The van der Waals surface area contributed by atoms with Gasteiger partial charge in [-0.1, -0.05) is 48.5 Å². The van der Waals surface area contributed by atoms with Crippen LogP contribution < -0.4 is 0 Å². The van der Waals surface area contributed by atoms with E-state index in [-0.39, 0.29) is 0 Å². The SMILES string of the molecule is Brc1c(I)c2ccccc2c2ccccc12. The van der Waals surface area contributed by atoms with Gasteiger partial charge in [-0.2, -0.15) is 0 Å². The van der Waals surface area contributed by atoms with E-state index in [1.165, 1.54) is 29.6 Å². The lowest BCUT2D eigenvalue weighted by molar-refractivity contribution is 1.69. The minimum absolute atomic E-state index is 1.20. The maximum Gasteiger partial charge on any atom is 0.0393 e. The van der Waals surface area contributed by atoms with Crippen molar-refractivity contribution in [1.29, 1.82) is 0 Å². The van der Waals surface area contributed by atoms with Gasteiger partial charge in [0.25, 0.3) is 0 Å². The molecule has 0 aliphatic carbocycles. The summed E-state index contributed by atoms with van der Waals surface area (Å²) in [6.45, 7) is 0. The van der Waals surface area contributed by atoms with Crippen LogP contribution in [0.5, 0.6) is 0 Å². The molecule has 16 heavy (non-hydrogen) atoms. The van der Waals surface area contributed by atoms with Crippen molar-refractivity contribution in [3.63, 3.8) is 0 Å². The first kappa shape index (κ1) is 10.5. The molecule has 0 aliphatic rings. The summed E-state index contributed by atoms with van der Waals surface area (Å²) in [7, 11) is 0. The van der Waals surface area contributed by atoms with Crippen LogP contribution in [0.25, 0.3) is 21.5 Å². The lowest BCUT2D eigenvalue weighted by Gasteiger charge is -2.09. The Hall–Kier alpha value is -0.610. The highest BCUT2D eigenvalue weighted by molar-refractivity contribution is 14.1. The molecule has 0 unspecified atom stereocenters. The van der Waals surface area contributed by atoms with Gasteiger partial charge >= 0.3 is 0 Å². The normalized spacial score (nSPS) is 11.1. The molecule has 0 bridgehead atoms. The second kappa shape index (κ2) is 4.00. The van der Waals surface area contributed by atoms with Gasteiger partial charge in [-0.3, -0.25) is 0 Å². The summed E-state index contributed by atoms with van der Waals surface area (Å²) in [6.07, 6.45) is 0. The first-order valence-corrected chi connectivity index (χ1v) is 6.90. The van der Waals surface area contributed by atoms with Crippen LogP contribution >= 0.6 is 38.5 Å². The lowest BCUT2D eigenvalue weighted by Crippen LogP contribution is -1.84. The first-order chi connectivity index (χ1) is 7.79. The second-order valence-electron chi connectivity index (χ2n) is 3.72. The molecule has 3 aromatic rings. The van der Waals surface area contributed by atoms with Gasteiger partial charge in [0.1, 0.15) is 0 Å². The molecule has 0 atom stereocenters. The maximum absolute atomic E-state index is 3.69. The van der Waals surface area contributed by atoms with E-state index in [2.05, 4.69) is 87.1 Å². The lowest BCUT2D eigenvalue weighted by atomic mass is 10.0. The number of benzene rings is 3. The minimum Gasteiger partial charge on any atom is -0.0616 e. The molecule has 0 aliphatic heterocycles. The van der Waals surface area contributed by atoms with Crippen LogP contribution in [-0.4, -0.2) is 0 Å². The molecule has 0 heterocycles. The Morgan fingerprint density at radius 1 is 0.688 bits per heavy atom. The third kappa shape index (κ3) is 1.47. The number of rotatable bonds is 0. The molecule has 0 amide bonds. The Labute approximate surface area is 116 Å². The zero-order chi connectivity index (χ0) is 11.1. The van der Waals surface area contributed by atoms with Crippen LogP contribution in [0.1, 0.15) is 0 Å². The molecule has 0 aromatic heterocycles. The zero-order valence-corrected chi connectivity index (χ0v) is 12.1. The summed E-state index contributed by atoms with van der Waals surface area (Å²) in [5.41, 5.74) is 0. The fourth-order valence-electron chi connectivity index (χ4n) is 2.06. The van der Waals surface area contributed by atoms with Crippen LogP contribution in [0, 0.1) is 3.57 Å². The van der Waals surface area contributed by atoms with Crippen molar-refractivity contribution in [3.05, 3.63) is 56.6 Å². The molecule has 2 heteroatoms. The molecule has 0 saturated heterocycles. The summed E-state index contributed by atoms with van der Waals surface area (Å²) in [4.78, 5) is 0. The van der Waals surface area contributed by atoms with Crippen molar-refractivity contribution in [2.45, 2.75) is 0 Å². The molecular weight excluding hydrogens is 375 g/mol. The van der Waals surface area contributed by atoms with Gasteiger partial charge in [0, 0.05) is 8.04 Å². The highest BCUT2D eigenvalue weighted by Crippen LogP contribution is 2.36. The molecule has 0 nitrogen and oxygen atoms in total. The van der Waals surface area contributed by atoms with Gasteiger partial charge in [-0.05, 0) is 60.1 Å². The van der Waals surface area contributed by atoms with E-state index in [0.29, 0.717) is 0 Å². The number of hydrogen-bond donors (Lipinski definition) is 0. The minimum atomic E-state index is 1.20. The van der Waals surface area contributed by atoms with Gasteiger partial charge in [0.15, 0.2) is 0 Å². The third-order valence-electron chi connectivity index (χ3n) is 2.81. The first-order valence-electron chi connectivity index (χ1n) is 5.03. The highest BCUT2D eigenvalue weighted by atomic mass is 127. The Balaban J connectivity index is 2.69. The predicted octanol–water partition coefficient (Wildman–Crippen LogP) is 5.36. The van der Waals surface area contributed by atoms with Crippen LogP contribution in [-0.2, 0) is 0 Å². The van der Waals surface area contributed by atoms with E-state index in [1.807, 2.05) is 0 Å². The molecule has 78 valence electrons. The van der Waals surface area contributed by atoms with E-state index in [9.17, 15) is 0 Å². The average molecular weight is 383 g/mol. The molecule has 3 aromatic carbocycles. The van der Waals surface area contributed by atoms with Crippen molar-refractivity contribution in [3.8, 4) is 0 Å². The summed E-state index contributed by atoms with van der Waals surface area (Å²) >= 11 is 6.10. The monoisotopic (exact) mass is 382 g/mol. The maximum atomic E-state index is 3.69. The summed E-state index contributed by atoms with van der Waals surface area (Å²) < 4.78 is 2.48. The van der Waals surface area contributed by atoms with E-state index >= 15 is 0 Å². The fourth-order valence-corrected chi connectivity index (χ4v) is 3.38. The van der Waals surface area contributed by atoms with E-state index in [1.54, 1.807) is 0 Å². The molecule has 3 rings (SSSR count). The van der Waals surface area contributed by atoms with Crippen LogP contribution in [0.4, 0.5) is 0 Å². The fraction of sp³-hybridized carbons (Fsp3) is 0. The molecule has 0 radical (unpaired) electrons. The second-order valence-corrected chi connectivity index (χ2v) is 5.59. The number of halogens is 2. The topological polar surface area (TPSA) is 0 Å². The Morgan fingerprint density at radius 2 is 1.12 bits per heavy atom. The molecule has 0 N–H and O–H groups in total. The Kier molecular flexibility index (Phi) is 2.64. The molecule has 0 fully saturated rings. The van der Waals surface area contributed by atoms with Gasteiger partial charge in [0.2, 0.25) is 0 Å². The highest BCUT2D eigenvalue weighted by Gasteiger charge is 2.08. The van der Waals surface area contributed by atoms with Crippen LogP contribution in [0.2, 0.25) is 0 Å². The predicted molar refractivity (Wildman–Crippen MR) is 81.9 cm³/mol. The Morgan fingerprint density at radius 3 is 1.75 bits per heavy atom. The van der Waals surface area contributed by atoms with Gasteiger partial charge in [0.05, 0.1) is 0 Å².